The van der Waals surface area contributed by atoms with Gasteiger partial charge in [0, 0.05) is 12.4 Å². The summed E-state index contributed by atoms with van der Waals surface area (Å²) in [7, 11) is 1.57. The first-order valence-electron chi connectivity index (χ1n) is 11.6. The van der Waals surface area contributed by atoms with Crippen LogP contribution in [0.2, 0.25) is 0 Å². The molecule has 7 nitrogen and oxygen atoms in total. The number of nitrogens with zero attached hydrogens (tertiary/aromatic N) is 3. The SMILES string of the molecule is COc1ccc(N2C(=O)C3ON(c4ccccc4)C(c4ccncc4)C3(c3ccccc3)C2=O)cc1. The first-order valence-corrected chi connectivity index (χ1v) is 11.6. The Morgan fingerprint density at radius 1 is 0.806 bits per heavy atom. The lowest BCUT2D eigenvalue weighted by molar-refractivity contribution is -0.126. The minimum atomic E-state index is -1.32. The van der Waals surface area contributed by atoms with E-state index in [0.29, 0.717) is 17.0 Å². The van der Waals surface area contributed by atoms with Crippen LogP contribution in [0.5, 0.6) is 5.75 Å². The maximum atomic E-state index is 14.6. The van der Waals surface area contributed by atoms with E-state index in [0.717, 1.165) is 11.3 Å². The Kier molecular flexibility index (Phi) is 5.27. The van der Waals surface area contributed by atoms with Crippen LogP contribution in [0.3, 0.4) is 0 Å². The van der Waals surface area contributed by atoms with Crippen LogP contribution in [0.1, 0.15) is 17.2 Å². The maximum absolute atomic E-state index is 14.6. The molecule has 0 radical (unpaired) electrons. The van der Waals surface area contributed by atoms with Crippen molar-refractivity contribution in [2.24, 2.45) is 0 Å². The van der Waals surface area contributed by atoms with Crippen molar-refractivity contribution in [2.45, 2.75) is 17.6 Å². The van der Waals surface area contributed by atoms with Crippen molar-refractivity contribution in [2.75, 3.05) is 17.1 Å². The average molecular weight is 478 g/mol. The summed E-state index contributed by atoms with van der Waals surface area (Å²) in [5.74, 6) is -0.113. The summed E-state index contributed by atoms with van der Waals surface area (Å²) in [5, 5.41) is 1.70. The number of rotatable bonds is 5. The number of hydrogen-bond donors (Lipinski definition) is 0. The van der Waals surface area contributed by atoms with E-state index in [4.69, 9.17) is 9.57 Å². The quantitative estimate of drug-likeness (QED) is 0.395. The number of amides is 2. The molecule has 2 aliphatic rings. The van der Waals surface area contributed by atoms with E-state index in [9.17, 15) is 9.59 Å². The molecule has 0 N–H and O–H groups in total. The molecular formula is C29H23N3O4. The van der Waals surface area contributed by atoms with Gasteiger partial charge in [0.25, 0.3) is 5.91 Å². The van der Waals surface area contributed by atoms with E-state index in [1.54, 1.807) is 48.8 Å². The fraction of sp³-hybridized carbons (Fsp3) is 0.138. The summed E-state index contributed by atoms with van der Waals surface area (Å²) in [6, 6.07) is 29.0. The molecule has 2 saturated heterocycles. The topological polar surface area (TPSA) is 72.0 Å². The summed E-state index contributed by atoms with van der Waals surface area (Å²) >= 11 is 0. The van der Waals surface area contributed by atoms with E-state index in [1.807, 2.05) is 72.8 Å². The summed E-state index contributed by atoms with van der Waals surface area (Å²) in [6.45, 7) is 0. The number of fused-ring (bicyclic) bond motifs is 1. The van der Waals surface area contributed by atoms with Crippen LogP contribution in [-0.4, -0.2) is 30.0 Å². The zero-order valence-electron chi connectivity index (χ0n) is 19.5. The fourth-order valence-corrected chi connectivity index (χ4v) is 5.31. The second-order valence-electron chi connectivity index (χ2n) is 8.74. The normalized spacial score (nSPS) is 23.1. The van der Waals surface area contributed by atoms with Crippen molar-refractivity contribution in [1.82, 2.24) is 4.98 Å². The van der Waals surface area contributed by atoms with E-state index >= 15 is 0 Å². The lowest BCUT2D eigenvalue weighted by atomic mass is 9.69. The number of methoxy groups -OCH3 is 1. The lowest BCUT2D eigenvalue weighted by Gasteiger charge is -2.35. The zero-order chi connectivity index (χ0) is 24.7. The molecule has 7 heteroatoms. The first-order chi connectivity index (χ1) is 17.7. The smallest absolute Gasteiger partial charge is 0.267 e. The van der Waals surface area contributed by atoms with Crippen molar-refractivity contribution < 1.29 is 19.2 Å². The number of hydroxylamine groups is 1. The van der Waals surface area contributed by atoms with E-state index in [1.165, 1.54) is 4.90 Å². The molecule has 3 atom stereocenters. The van der Waals surface area contributed by atoms with Crippen molar-refractivity contribution in [1.29, 1.82) is 0 Å². The largest absolute Gasteiger partial charge is 0.497 e. The van der Waals surface area contributed by atoms with Crippen LogP contribution in [0.4, 0.5) is 11.4 Å². The monoisotopic (exact) mass is 477 g/mol. The summed E-state index contributed by atoms with van der Waals surface area (Å²) < 4.78 is 5.26. The Balaban J connectivity index is 1.59. The van der Waals surface area contributed by atoms with Gasteiger partial charge in [-0.2, -0.15) is 0 Å². The van der Waals surface area contributed by atoms with Gasteiger partial charge in [-0.25, -0.2) is 9.96 Å². The zero-order valence-corrected chi connectivity index (χ0v) is 19.5. The molecule has 6 rings (SSSR count). The maximum Gasteiger partial charge on any atom is 0.267 e. The third-order valence-electron chi connectivity index (χ3n) is 6.91. The van der Waals surface area contributed by atoms with Gasteiger partial charge in [-0.3, -0.25) is 19.4 Å². The number of imide groups is 1. The van der Waals surface area contributed by atoms with Gasteiger partial charge in [0.1, 0.15) is 17.2 Å². The molecule has 4 aromatic rings. The highest BCUT2D eigenvalue weighted by molar-refractivity contribution is 6.28. The van der Waals surface area contributed by atoms with Crippen molar-refractivity contribution >= 4 is 23.2 Å². The molecular weight excluding hydrogens is 454 g/mol. The Hall–Kier alpha value is -4.49. The first kappa shape index (κ1) is 22.0. The van der Waals surface area contributed by atoms with E-state index in [-0.39, 0.29) is 5.91 Å². The van der Waals surface area contributed by atoms with Crippen LogP contribution in [0.15, 0.2) is 109 Å². The third-order valence-corrected chi connectivity index (χ3v) is 6.91. The van der Waals surface area contributed by atoms with Crippen molar-refractivity contribution in [3.8, 4) is 5.75 Å². The van der Waals surface area contributed by atoms with Crippen LogP contribution < -0.4 is 14.7 Å². The predicted molar refractivity (Wildman–Crippen MR) is 134 cm³/mol. The lowest BCUT2D eigenvalue weighted by Crippen LogP contribution is -2.46. The number of anilines is 2. The van der Waals surface area contributed by atoms with Crippen LogP contribution in [-0.2, 0) is 19.8 Å². The van der Waals surface area contributed by atoms with Crippen LogP contribution in [0, 0.1) is 0 Å². The van der Waals surface area contributed by atoms with Gasteiger partial charge in [-0.1, -0.05) is 48.5 Å². The molecule has 36 heavy (non-hydrogen) atoms. The number of benzene rings is 3. The molecule has 0 saturated carbocycles. The highest BCUT2D eigenvalue weighted by Gasteiger charge is 2.72. The van der Waals surface area contributed by atoms with Gasteiger partial charge >= 0.3 is 0 Å². The van der Waals surface area contributed by atoms with Gasteiger partial charge in [0.15, 0.2) is 6.10 Å². The number of pyridine rings is 1. The summed E-state index contributed by atoms with van der Waals surface area (Å²) in [4.78, 5) is 40.5. The van der Waals surface area contributed by atoms with Gasteiger partial charge in [-0.15, -0.1) is 0 Å². The van der Waals surface area contributed by atoms with Crippen molar-refractivity contribution in [3.05, 3.63) is 121 Å². The van der Waals surface area contributed by atoms with E-state index in [2.05, 4.69) is 4.98 Å². The number of hydrogen-bond acceptors (Lipinski definition) is 6. The Bertz CT molecular complexity index is 1400. The summed E-state index contributed by atoms with van der Waals surface area (Å²) in [5.41, 5.74) is 1.43. The highest BCUT2D eigenvalue weighted by atomic mass is 16.7. The summed E-state index contributed by atoms with van der Waals surface area (Å²) in [6.07, 6.45) is 2.31. The number of ether oxygens (including phenoxy) is 1. The van der Waals surface area contributed by atoms with E-state index < -0.39 is 23.5 Å². The van der Waals surface area contributed by atoms with Gasteiger partial charge in [0.05, 0.1) is 18.5 Å². The molecule has 3 unspecified atom stereocenters. The van der Waals surface area contributed by atoms with Gasteiger partial charge < -0.3 is 4.74 Å². The molecule has 2 fully saturated rings. The Morgan fingerprint density at radius 3 is 2.08 bits per heavy atom. The standard InChI is InChI=1S/C29H23N3O4/c1-35-24-14-12-22(13-15-24)31-27(33)26-29(28(31)34,21-8-4-2-5-9-21)25(20-16-18-30-19-17-20)32(36-26)23-10-6-3-7-11-23/h2-19,25-26H,1H3. The Morgan fingerprint density at radius 2 is 1.44 bits per heavy atom. The second-order valence-corrected chi connectivity index (χ2v) is 8.74. The molecule has 0 spiro atoms. The predicted octanol–water partition coefficient (Wildman–Crippen LogP) is 4.46. The molecule has 0 aliphatic carbocycles. The molecule has 1 aromatic heterocycles. The number of carbonyl (C=O) groups excluding carboxylic acids is 2. The highest BCUT2D eigenvalue weighted by Crippen LogP contribution is 2.57. The molecule has 3 heterocycles. The average Bonchev–Trinajstić information content (AvgIpc) is 3.41. The van der Waals surface area contributed by atoms with Crippen molar-refractivity contribution in [3.63, 3.8) is 0 Å². The minimum absolute atomic E-state index is 0.339. The molecule has 2 amide bonds. The van der Waals surface area contributed by atoms with Gasteiger partial charge in [-0.05, 0) is 59.7 Å². The molecule has 0 bridgehead atoms. The minimum Gasteiger partial charge on any atom is -0.497 e. The molecule has 3 aromatic carbocycles. The second kappa shape index (κ2) is 8.62. The third kappa shape index (κ3) is 3.13. The fourth-order valence-electron chi connectivity index (χ4n) is 5.31. The Labute approximate surface area is 208 Å². The number of aromatic nitrogens is 1. The number of para-hydroxylation sites is 1. The van der Waals surface area contributed by atoms with Crippen LogP contribution in [0.25, 0.3) is 0 Å². The molecule has 2 aliphatic heterocycles. The molecule has 178 valence electrons. The van der Waals surface area contributed by atoms with Crippen LogP contribution >= 0.6 is 0 Å². The number of carbonyl (C=O) groups is 2. The van der Waals surface area contributed by atoms with Gasteiger partial charge in [0.2, 0.25) is 5.91 Å².